The predicted molar refractivity (Wildman–Crippen MR) is 508 cm³/mol. The number of amides is 1. The first-order valence-corrected chi connectivity index (χ1v) is 50.0. The van der Waals surface area contributed by atoms with Crippen molar-refractivity contribution in [3.63, 3.8) is 0 Å². The first-order valence-electron chi connectivity index (χ1n) is 50.0. The van der Waals surface area contributed by atoms with Crippen LogP contribution < -0.4 is 5.73 Å². The Morgan fingerprint density at radius 3 is 0.199 bits per heavy atom. The van der Waals surface area contributed by atoms with Gasteiger partial charge < -0.3 is 224 Å². The fourth-order valence-electron chi connectivity index (χ4n) is 9.99. The molecule has 0 saturated heterocycles. The minimum atomic E-state index is -0.504. The quantitative estimate of drug-likeness (QED) is 0.0775. The van der Waals surface area contributed by atoms with Gasteiger partial charge in [0.15, 0.2) is 0 Å². The van der Waals surface area contributed by atoms with Crippen LogP contribution in [0.25, 0.3) is 0 Å². The molecule has 48 heteroatoms. The lowest BCUT2D eigenvalue weighted by molar-refractivity contribution is -0.123. The van der Waals surface area contributed by atoms with Crippen molar-refractivity contribution in [1.82, 2.24) is 0 Å². The van der Waals surface area contributed by atoms with Gasteiger partial charge in [0.2, 0.25) is 5.91 Å². The first-order chi connectivity index (χ1) is 70.3. The molecule has 0 spiro atoms. The summed E-state index contributed by atoms with van der Waals surface area (Å²) in [6.07, 6.45) is 0. The van der Waals surface area contributed by atoms with Gasteiger partial charge in [-0.25, -0.2) is 0 Å². The molecule has 48 nitrogen and oxygen atoms in total. The van der Waals surface area contributed by atoms with Crippen LogP contribution >= 0.6 is 0 Å². The number of hydrogen-bond donors (Lipinski definition) is 1. The van der Waals surface area contributed by atoms with Gasteiger partial charge in [0, 0.05) is 7.11 Å². The molecule has 2 N–H and O–H groups in total. The normalized spacial score (nSPS) is 11.8. The highest BCUT2D eigenvalue weighted by Gasteiger charge is 2.07. The molecule has 0 radical (unpaired) electrons. The molecular weight excluding hydrogens is 1880 g/mol. The van der Waals surface area contributed by atoms with E-state index in [2.05, 4.69) is 0 Å². The van der Waals surface area contributed by atoms with Gasteiger partial charge in [-0.3, -0.25) is 4.79 Å². The van der Waals surface area contributed by atoms with Gasteiger partial charge in [-0.15, -0.1) is 0 Å². The van der Waals surface area contributed by atoms with E-state index in [9.17, 15) is 4.79 Å². The number of primary amides is 1. The molecule has 0 bridgehead atoms. The molecule has 0 rings (SSSR count). The number of carbonyl (C=O) groups is 1. The number of methoxy groups -OCH3 is 1. The minimum Gasteiger partial charge on any atom is -0.382 e. The van der Waals surface area contributed by atoms with Gasteiger partial charge in [0.25, 0.3) is 0 Å². The van der Waals surface area contributed by atoms with Crippen molar-refractivity contribution < 1.29 is 223 Å². The molecule has 0 aliphatic carbocycles. The van der Waals surface area contributed by atoms with E-state index in [1.54, 1.807) is 7.11 Å². The molecule has 0 aromatic rings. The van der Waals surface area contributed by atoms with Crippen LogP contribution in [0.15, 0.2) is 0 Å². The summed E-state index contributed by atoms with van der Waals surface area (Å²) in [5, 5.41) is 0. The second kappa shape index (κ2) is 136. The van der Waals surface area contributed by atoms with E-state index >= 15 is 0 Å². The third kappa shape index (κ3) is 138. The summed E-state index contributed by atoms with van der Waals surface area (Å²) < 4.78 is 253. The van der Waals surface area contributed by atoms with Crippen molar-refractivity contribution in [2.45, 2.75) is 0 Å². The van der Waals surface area contributed by atoms with Crippen molar-refractivity contribution in [1.29, 1.82) is 0 Å². The molecule has 0 fully saturated rings. The molecule has 0 aliphatic heterocycles. The molecule has 846 valence electrons. The average Bonchev–Trinajstić information content (AvgIpc) is 1.11. The van der Waals surface area contributed by atoms with Crippen LogP contribution in [0.2, 0.25) is 0 Å². The summed E-state index contributed by atoms with van der Waals surface area (Å²) in [5.41, 5.74) is 4.98. The largest absolute Gasteiger partial charge is 0.382 e. The standard InChI is InChI=1S/C93H187NO47/c1-96-2-3-97-4-5-98-6-7-99-8-9-100-10-11-101-12-13-102-14-15-103-16-17-104-18-19-105-20-21-106-22-23-107-24-25-108-26-27-109-28-29-110-30-31-111-32-33-112-34-35-113-36-37-114-38-39-115-40-41-116-42-43-117-44-45-118-46-47-119-48-49-120-50-51-121-52-53-122-54-55-123-56-57-124-58-59-125-60-61-126-62-63-127-64-65-128-66-67-129-68-69-130-70-71-131-72-73-132-74-75-133-76-77-134-78-79-135-80-81-136-82-83-137-84-85-138-86-87-139-88-89-140-90-91-141-92-93(94)95/h2-92H2,1H3,(H2,94,95). The molecule has 0 saturated carbocycles. The number of nitrogens with two attached hydrogens (primary N) is 1. The zero-order chi connectivity index (χ0) is 100. The molecular formula is C93H187NO47. The zero-order valence-corrected chi connectivity index (χ0v) is 85.6. The van der Waals surface area contributed by atoms with Gasteiger partial charge in [-0.1, -0.05) is 0 Å². The summed E-state index contributed by atoms with van der Waals surface area (Å²) in [4.78, 5) is 10.6. The third-order valence-corrected chi connectivity index (χ3v) is 17.0. The van der Waals surface area contributed by atoms with E-state index in [4.69, 9.17) is 224 Å². The zero-order valence-electron chi connectivity index (χ0n) is 85.6. The van der Waals surface area contributed by atoms with Crippen LogP contribution in [0.5, 0.6) is 0 Å². The Hall–Kier alpha value is -2.37. The van der Waals surface area contributed by atoms with Gasteiger partial charge in [-0.05, 0) is 0 Å². The molecule has 0 heterocycles. The van der Waals surface area contributed by atoms with Crippen LogP contribution in [-0.2, 0) is 223 Å². The second-order valence-corrected chi connectivity index (χ2v) is 28.5. The monoisotopic (exact) mass is 2070 g/mol. The van der Waals surface area contributed by atoms with Crippen molar-refractivity contribution in [2.75, 3.05) is 608 Å². The third-order valence-electron chi connectivity index (χ3n) is 17.0. The van der Waals surface area contributed by atoms with E-state index in [1.165, 1.54) is 0 Å². The summed E-state index contributed by atoms with van der Waals surface area (Å²) in [7, 11) is 1.64. The highest BCUT2D eigenvalue weighted by atomic mass is 16.7. The summed E-state index contributed by atoms with van der Waals surface area (Å²) in [6, 6.07) is 0. The van der Waals surface area contributed by atoms with Crippen molar-refractivity contribution in [3.05, 3.63) is 0 Å². The van der Waals surface area contributed by atoms with Crippen LogP contribution in [-0.4, -0.2) is 614 Å². The van der Waals surface area contributed by atoms with Crippen LogP contribution in [0, 0.1) is 0 Å². The number of rotatable bonds is 137. The SMILES string of the molecule is COCCOCCOCCOCCOCCOCCOCCOCCOCCOCCOCCOCCOCCOCCOCCOCCOCCOCCOCCOCCOCCOCCOCCOCCOCCOCCOCCOCCOCCOCCOCCOCCOCCOCCOCCOCCOCCOCCOCCOCCOCCOCCOCCOCCOCCOCC(N)=O. The molecule has 0 aromatic heterocycles. The lowest BCUT2D eigenvalue weighted by atomic mass is 10.6. The smallest absolute Gasteiger partial charge is 0.243 e. The number of hydrogen-bond acceptors (Lipinski definition) is 47. The topological polar surface area (TPSA) is 468 Å². The molecule has 0 aromatic carbocycles. The van der Waals surface area contributed by atoms with Gasteiger partial charge in [0.05, 0.1) is 595 Å². The highest BCUT2D eigenvalue weighted by Crippen LogP contribution is 1.98. The fraction of sp³-hybridized carbons (Fsp3) is 0.989. The minimum absolute atomic E-state index is 0.107. The Bertz CT molecular complexity index is 1980. The van der Waals surface area contributed by atoms with Crippen molar-refractivity contribution >= 4 is 5.91 Å². The Morgan fingerprint density at radius 2 is 0.149 bits per heavy atom. The molecule has 1 amide bonds. The Kier molecular flexibility index (Phi) is 133. The van der Waals surface area contributed by atoms with E-state index in [-0.39, 0.29) is 6.61 Å². The highest BCUT2D eigenvalue weighted by molar-refractivity contribution is 5.74. The van der Waals surface area contributed by atoms with E-state index < -0.39 is 5.91 Å². The van der Waals surface area contributed by atoms with E-state index in [1.807, 2.05) is 0 Å². The predicted octanol–water partition coefficient (Wildman–Crippen LogP) is -0.135. The molecule has 141 heavy (non-hydrogen) atoms. The lowest BCUT2D eigenvalue weighted by Crippen LogP contribution is -2.20. The summed E-state index contributed by atoms with van der Waals surface area (Å²) >= 11 is 0. The average molecular weight is 2070 g/mol. The Balaban J connectivity index is 3.11. The van der Waals surface area contributed by atoms with Crippen molar-refractivity contribution in [3.8, 4) is 0 Å². The maximum atomic E-state index is 10.6. The molecule has 0 unspecified atom stereocenters. The number of carbonyl (C=O) groups excluding carboxylic acids is 1. The van der Waals surface area contributed by atoms with Crippen LogP contribution in [0.3, 0.4) is 0 Å². The summed E-state index contributed by atoms with van der Waals surface area (Å²) in [5.74, 6) is -0.504. The van der Waals surface area contributed by atoms with Crippen LogP contribution in [0.4, 0.5) is 0 Å². The Morgan fingerprint density at radius 1 is 0.0993 bits per heavy atom. The van der Waals surface area contributed by atoms with Gasteiger partial charge in [0.1, 0.15) is 6.61 Å². The second-order valence-electron chi connectivity index (χ2n) is 28.5. The fourth-order valence-corrected chi connectivity index (χ4v) is 9.99. The Labute approximate surface area is 839 Å². The van der Waals surface area contributed by atoms with E-state index in [0.29, 0.717) is 595 Å². The maximum absolute atomic E-state index is 10.6. The molecule has 0 atom stereocenters. The molecule has 0 aliphatic rings. The lowest BCUT2D eigenvalue weighted by Gasteiger charge is -2.09. The summed E-state index contributed by atoms with van der Waals surface area (Å²) in [6.45, 7) is 42.8. The van der Waals surface area contributed by atoms with Crippen molar-refractivity contribution in [2.24, 2.45) is 5.73 Å². The van der Waals surface area contributed by atoms with Gasteiger partial charge >= 0.3 is 0 Å². The number of ether oxygens (including phenoxy) is 46. The van der Waals surface area contributed by atoms with Gasteiger partial charge in [-0.2, -0.15) is 0 Å². The first kappa shape index (κ1) is 139. The van der Waals surface area contributed by atoms with Crippen LogP contribution in [0.1, 0.15) is 0 Å². The maximum Gasteiger partial charge on any atom is 0.243 e. The van der Waals surface area contributed by atoms with E-state index in [0.717, 1.165) is 0 Å².